The highest BCUT2D eigenvalue weighted by Crippen LogP contribution is 2.30. The lowest BCUT2D eigenvalue weighted by molar-refractivity contribution is 0.584. The van der Waals surface area contributed by atoms with Crippen LogP contribution in [0.25, 0.3) is 11.4 Å². The number of aryl methyl sites for hydroxylation is 2. The van der Waals surface area contributed by atoms with Gasteiger partial charge in [0.1, 0.15) is 17.5 Å². The Hall–Kier alpha value is -3.00. The first-order valence-electron chi connectivity index (χ1n) is 9.18. The zero-order chi connectivity index (χ0) is 18.8. The van der Waals surface area contributed by atoms with E-state index in [2.05, 4.69) is 49.8 Å². The van der Waals surface area contributed by atoms with Crippen molar-refractivity contribution >= 4 is 17.6 Å². The molecule has 1 aliphatic heterocycles. The predicted octanol–water partition coefficient (Wildman–Crippen LogP) is 2.34. The first-order chi connectivity index (χ1) is 13.1. The lowest BCUT2D eigenvalue weighted by Gasteiger charge is -2.30. The normalized spacial score (nSPS) is 14.4. The Balaban J connectivity index is 1.81. The highest BCUT2D eigenvalue weighted by Gasteiger charge is 2.20. The maximum atomic E-state index is 4.93. The van der Waals surface area contributed by atoms with Crippen LogP contribution in [0.2, 0.25) is 0 Å². The van der Waals surface area contributed by atoms with Gasteiger partial charge in [-0.1, -0.05) is 24.3 Å². The van der Waals surface area contributed by atoms with Crippen LogP contribution >= 0.6 is 0 Å². The van der Waals surface area contributed by atoms with Gasteiger partial charge >= 0.3 is 0 Å². The molecule has 3 N–H and O–H groups in total. The number of aromatic nitrogens is 5. The van der Waals surface area contributed by atoms with Gasteiger partial charge in [-0.15, -0.1) is 5.10 Å². The van der Waals surface area contributed by atoms with Crippen molar-refractivity contribution < 1.29 is 0 Å². The Morgan fingerprint density at radius 3 is 2.48 bits per heavy atom. The van der Waals surface area contributed by atoms with E-state index in [1.807, 2.05) is 26.0 Å². The molecule has 0 amide bonds. The lowest BCUT2D eigenvalue weighted by atomic mass is 10.1. The number of anilines is 3. The van der Waals surface area contributed by atoms with Gasteiger partial charge in [0.2, 0.25) is 5.95 Å². The molecule has 8 heteroatoms. The highest BCUT2D eigenvalue weighted by molar-refractivity contribution is 5.69. The third kappa shape index (κ3) is 3.61. The van der Waals surface area contributed by atoms with Gasteiger partial charge < -0.3 is 15.5 Å². The molecule has 1 aliphatic rings. The summed E-state index contributed by atoms with van der Waals surface area (Å²) in [6.07, 6.45) is 0. The first kappa shape index (κ1) is 17.4. The quantitative estimate of drug-likeness (QED) is 0.654. The monoisotopic (exact) mass is 364 g/mol. The number of hydrogen-bond donors (Lipinski definition) is 3. The summed E-state index contributed by atoms with van der Waals surface area (Å²) in [5, 5.41) is 13.7. The number of nitrogens with one attached hydrogen (secondary N) is 3. The second kappa shape index (κ2) is 7.32. The van der Waals surface area contributed by atoms with Crippen molar-refractivity contribution in [2.24, 2.45) is 0 Å². The highest BCUT2D eigenvalue weighted by atomic mass is 15.3. The van der Waals surface area contributed by atoms with Crippen molar-refractivity contribution in [2.45, 2.75) is 20.8 Å². The van der Waals surface area contributed by atoms with E-state index in [0.29, 0.717) is 11.8 Å². The van der Waals surface area contributed by atoms with E-state index in [4.69, 9.17) is 9.97 Å². The zero-order valence-corrected chi connectivity index (χ0v) is 15.9. The van der Waals surface area contributed by atoms with Gasteiger partial charge in [0.25, 0.3) is 0 Å². The average molecular weight is 364 g/mol. The first-order valence-corrected chi connectivity index (χ1v) is 9.18. The molecular formula is C19H24N8. The van der Waals surface area contributed by atoms with Gasteiger partial charge in [-0.3, -0.25) is 5.10 Å². The molecule has 0 atom stereocenters. The molecule has 1 aromatic carbocycles. The summed E-state index contributed by atoms with van der Waals surface area (Å²) in [7, 11) is 0. The van der Waals surface area contributed by atoms with Crippen molar-refractivity contribution in [1.82, 2.24) is 30.5 Å². The fraction of sp³-hybridized carbons (Fsp3) is 0.368. The number of benzene rings is 1. The number of aromatic amines is 1. The number of H-pyrrole nitrogens is 1. The summed E-state index contributed by atoms with van der Waals surface area (Å²) in [6, 6.07) is 8.18. The molecule has 2 aromatic heterocycles. The molecule has 1 fully saturated rings. The number of hydrogen-bond acceptors (Lipinski definition) is 7. The van der Waals surface area contributed by atoms with Crippen molar-refractivity contribution in [2.75, 3.05) is 36.4 Å². The fourth-order valence-electron chi connectivity index (χ4n) is 3.26. The second-order valence-electron chi connectivity index (χ2n) is 6.77. The van der Waals surface area contributed by atoms with E-state index in [0.717, 1.165) is 60.3 Å². The van der Waals surface area contributed by atoms with Crippen molar-refractivity contribution in [1.29, 1.82) is 0 Å². The van der Waals surface area contributed by atoms with Crippen LogP contribution < -0.4 is 15.5 Å². The molecular weight excluding hydrogens is 340 g/mol. The SMILES string of the molecule is Cc1nc(Nc2nc(-c3ccccc3C)nc(N3CCNCC3)c2C)n[nH]1. The van der Waals surface area contributed by atoms with Crippen LogP contribution in [0.1, 0.15) is 17.0 Å². The van der Waals surface area contributed by atoms with E-state index >= 15 is 0 Å². The summed E-state index contributed by atoms with van der Waals surface area (Å²) in [4.78, 5) is 16.4. The predicted molar refractivity (Wildman–Crippen MR) is 106 cm³/mol. The van der Waals surface area contributed by atoms with Crippen LogP contribution in [0.4, 0.5) is 17.6 Å². The summed E-state index contributed by atoms with van der Waals surface area (Å²) < 4.78 is 0. The van der Waals surface area contributed by atoms with Crippen LogP contribution in [-0.4, -0.2) is 51.3 Å². The molecule has 3 heterocycles. The Morgan fingerprint density at radius 2 is 1.78 bits per heavy atom. The molecule has 0 aliphatic carbocycles. The molecule has 1 saturated heterocycles. The van der Waals surface area contributed by atoms with Crippen LogP contribution in [0.3, 0.4) is 0 Å². The number of nitrogens with zero attached hydrogens (tertiary/aromatic N) is 5. The minimum Gasteiger partial charge on any atom is -0.354 e. The van der Waals surface area contributed by atoms with E-state index in [1.165, 1.54) is 0 Å². The minimum absolute atomic E-state index is 0.510. The van der Waals surface area contributed by atoms with Gasteiger partial charge in [0.15, 0.2) is 5.82 Å². The molecule has 4 rings (SSSR count). The molecule has 140 valence electrons. The topological polar surface area (TPSA) is 94.7 Å². The molecule has 0 radical (unpaired) electrons. The van der Waals surface area contributed by atoms with Crippen LogP contribution in [-0.2, 0) is 0 Å². The smallest absolute Gasteiger partial charge is 0.247 e. The van der Waals surface area contributed by atoms with Crippen molar-refractivity contribution in [3.63, 3.8) is 0 Å². The maximum Gasteiger partial charge on any atom is 0.247 e. The largest absolute Gasteiger partial charge is 0.354 e. The van der Waals surface area contributed by atoms with Crippen LogP contribution in [0.5, 0.6) is 0 Å². The maximum absolute atomic E-state index is 4.93. The number of rotatable bonds is 4. The van der Waals surface area contributed by atoms with Gasteiger partial charge in [0, 0.05) is 37.3 Å². The van der Waals surface area contributed by atoms with Crippen LogP contribution in [0.15, 0.2) is 24.3 Å². The third-order valence-electron chi connectivity index (χ3n) is 4.75. The Kier molecular flexibility index (Phi) is 4.72. The Morgan fingerprint density at radius 1 is 1.00 bits per heavy atom. The standard InChI is InChI=1S/C19H24N8/c1-12-6-4-5-7-15(12)17-22-16(24-19-21-14(3)25-26-19)13(2)18(23-17)27-10-8-20-9-11-27/h4-7,20H,8-11H2,1-3H3,(H2,21,22,23,24,25,26). The fourth-order valence-corrected chi connectivity index (χ4v) is 3.26. The number of piperazine rings is 1. The molecule has 0 spiro atoms. The molecule has 0 saturated carbocycles. The Bertz CT molecular complexity index is 943. The molecule has 8 nitrogen and oxygen atoms in total. The van der Waals surface area contributed by atoms with E-state index < -0.39 is 0 Å². The van der Waals surface area contributed by atoms with Gasteiger partial charge in [-0.05, 0) is 26.3 Å². The molecule has 3 aromatic rings. The third-order valence-corrected chi connectivity index (χ3v) is 4.75. The van der Waals surface area contributed by atoms with Crippen molar-refractivity contribution in [3.8, 4) is 11.4 Å². The second-order valence-corrected chi connectivity index (χ2v) is 6.77. The Labute approximate surface area is 158 Å². The summed E-state index contributed by atoms with van der Waals surface area (Å²) in [5.41, 5.74) is 3.17. The molecule has 0 bridgehead atoms. The summed E-state index contributed by atoms with van der Waals surface area (Å²) in [5.74, 6) is 3.67. The minimum atomic E-state index is 0.510. The molecule has 0 unspecified atom stereocenters. The summed E-state index contributed by atoms with van der Waals surface area (Å²) >= 11 is 0. The van der Waals surface area contributed by atoms with Crippen LogP contribution in [0, 0.1) is 20.8 Å². The zero-order valence-electron chi connectivity index (χ0n) is 15.9. The van der Waals surface area contributed by atoms with E-state index in [9.17, 15) is 0 Å². The summed E-state index contributed by atoms with van der Waals surface area (Å²) in [6.45, 7) is 9.73. The average Bonchev–Trinajstić information content (AvgIpc) is 3.09. The van der Waals surface area contributed by atoms with E-state index in [1.54, 1.807) is 0 Å². The van der Waals surface area contributed by atoms with Gasteiger partial charge in [0.05, 0.1) is 0 Å². The van der Waals surface area contributed by atoms with Gasteiger partial charge in [-0.25, -0.2) is 9.97 Å². The van der Waals surface area contributed by atoms with Gasteiger partial charge in [-0.2, -0.15) is 4.98 Å². The lowest BCUT2D eigenvalue weighted by Crippen LogP contribution is -2.44. The molecule has 27 heavy (non-hydrogen) atoms. The van der Waals surface area contributed by atoms with E-state index in [-0.39, 0.29) is 0 Å². The van der Waals surface area contributed by atoms with Crippen molar-refractivity contribution in [3.05, 3.63) is 41.2 Å².